The van der Waals surface area contributed by atoms with Gasteiger partial charge in [0, 0.05) is 5.56 Å². The van der Waals surface area contributed by atoms with E-state index in [9.17, 15) is 4.79 Å². The molecule has 3 heteroatoms. The smallest absolute Gasteiger partial charge is 0.150 e. The van der Waals surface area contributed by atoms with Gasteiger partial charge in [-0.15, -0.1) is 0 Å². The van der Waals surface area contributed by atoms with Crippen molar-refractivity contribution >= 4 is 22.2 Å². The largest absolute Gasteiger partial charge is 0.496 e. The summed E-state index contributed by atoms with van der Waals surface area (Å²) in [6, 6.07) is 3.51. The third kappa shape index (κ3) is 1.50. The molecular formula is C9H9BrO2. The molecule has 1 aromatic rings. The standard InChI is InChI=1S/C9H9BrO2/c1-6-7(5-11)3-4-8(12-2)9(6)10/h3-5H,1-2H3. The number of carbonyl (C=O) groups is 1. The van der Waals surface area contributed by atoms with Gasteiger partial charge in [0.05, 0.1) is 11.6 Å². The van der Waals surface area contributed by atoms with Crippen molar-refractivity contribution in [1.29, 1.82) is 0 Å². The highest BCUT2D eigenvalue weighted by Gasteiger charge is 2.06. The molecule has 0 saturated carbocycles. The maximum atomic E-state index is 10.5. The van der Waals surface area contributed by atoms with Crippen molar-refractivity contribution in [3.8, 4) is 5.75 Å². The molecule has 0 N–H and O–H groups in total. The molecule has 12 heavy (non-hydrogen) atoms. The van der Waals surface area contributed by atoms with Gasteiger partial charge in [-0.05, 0) is 40.5 Å². The monoisotopic (exact) mass is 228 g/mol. The van der Waals surface area contributed by atoms with Gasteiger partial charge in [-0.3, -0.25) is 4.79 Å². The summed E-state index contributed by atoms with van der Waals surface area (Å²) in [6.07, 6.45) is 0.833. The maximum absolute atomic E-state index is 10.5. The lowest BCUT2D eigenvalue weighted by Crippen LogP contribution is -1.91. The molecule has 1 rings (SSSR count). The van der Waals surface area contributed by atoms with Crippen molar-refractivity contribution in [3.63, 3.8) is 0 Å². The van der Waals surface area contributed by atoms with Crippen LogP contribution >= 0.6 is 15.9 Å². The molecule has 0 fully saturated rings. The van der Waals surface area contributed by atoms with Crippen LogP contribution in [0.2, 0.25) is 0 Å². The van der Waals surface area contributed by atoms with Crippen LogP contribution in [0.1, 0.15) is 15.9 Å². The molecule has 0 aromatic heterocycles. The Kier molecular flexibility index (Phi) is 2.87. The second kappa shape index (κ2) is 3.72. The number of benzene rings is 1. The molecule has 0 aliphatic rings. The zero-order valence-corrected chi connectivity index (χ0v) is 8.51. The molecule has 0 radical (unpaired) electrons. The summed E-state index contributed by atoms with van der Waals surface area (Å²) in [5.41, 5.74) is 1.59. The molecule has 0 aliphatic heterocycles. The van der Waals surface area contributed by atoms with E-state index in [2.05, 4.69) is 15.9 Å². The lowest BCUT2D eigenvalue weighted by atomic mass is 10.1. The Labute approximate surface area is 79.7 Å². The van der Waals surface area contributed by atoms with Crippen LogP contribution in [0.4, 0.5) is 0 Å². The first-order chi connectivity index (χ1) is 5.70. The first-order valence-corrected chi connectivity index (χ1v) is 4.28. The van der Waals surface area contributed by atoms with Crippen LogP contribution in [0.5, 0.6) is 5.75 Å². The van der Waals surface area contributed by atoms with Crippen LogP contribution in [0, 0.1) is 6.92 Å². The highest BCUT2D eigenvalue weighted by atomic mass is 79.9. The molecule has 0 spiro atoms. The summed E-state index contributed by atoms with van der Waals surface area (Å²) in [6.45, 7) is 1.87. The Morgan fingerprint density at radius 3 is 2.67 bits per heavy atom. The fourth-order valence-electron chi connectivity index (χ4n) is 0.960. The molecule has 0 saturated heterocycles. The normalized spacial score (nSPS) is 9.58. The molecule has 64 valence electrons. The summed E-state index contributed by atoms with van der Waals surface area (Å²) in [7, 11) is 1.60. The van der Waals surface area contributed by atoms with E-state index in [1.807, 2.05) is 6.92 Å². The number of hydrogen-bond acceptors (Lipinski definition) is 2. The first kappa shape index (κ1) is 9.26. The van der Waals surface area contributed by atoms with Gasteiger partial charge in [-0.25, -0.2) is 0 Å². The molecule has 0 amide bonds. The minimum absolute atomic E-state index is 0.683. The molecule has 0 unspecified atom stereocenters. The van der Waals surface area contributed by atoms with Crippen LogP contribution in [0.15, 0.2) is 16.6 Å². The number of aldehydes is 1. The van der Waals surface area contributed by atoms with Gasteiger partial charge in [-0.1, -0.05) is 0 Å². The summed E-state index contributed by atoms with van der Waals surface area (Å²) < 4.78 is 5.90. The Morgan fingerprint density at radius 2 is 2.17 bits per heavy atom. The summed E-state index contributed by atoms with van der Waals surface area (Å²) >= 11 is 3.35. The summed E-state index contributed by atoms with van der Waals surface area (Å²) in [4.78, 5) is 10.5. The lowest BCUT2D eigenvalue weighted by molar-refractivity contribution is 0.112. The second-order valence-electron chi connectivity index (χ2n) is 2.41. The number of carbonyl (C=O) groups excluding carboxylic acids is 1. The van der Waals surface area contributed by atoms with Crippen molar-refractivity contribution in [1.82, 2.24) is 0 Å². The van der Waals surface area contributed by atoms with Crippen molar-refractivity contribution in [3.05, 3.63) is 27.7 Å². The predicted octanol–water partition coefficient (Wildman–Crippen LogP) is 2.58. The van der Waals surface area contributed by atoms with Gasteiger partial charge in [-0.2, -0.15) is 0 Å². The Hall–Kier alpha value is -0.830. The van der Waals surface area contributed by atoms with Crippen LogP contribution in [-0.2, 0) is 0 Å². The van der Waals surface area contributed by atoms with Crippen molar-refractivity contribution in [2.24, 2.45) is 0 Å². The average Bonchev–Trinajstić information content (AvgIpc) is 2.10. The van der Waals surface area contributed by atoms with E-state index in [-0.39, 0.29) is 0 Å². The van der Waals surface area contributed by atoms with E-state index in [4.69, 9.17) is 4.74 Å². The molecule has 0 bridgehead atoms. The van der Waals surface area contributed by atoms with Crippen LogP contribution in [0.3, 0.4) is 0 Å². The topological polar surface area (TPSA) is 26.3 Å². The Balaban J connectivity index is 3.29. The SMILES string of the molecule is COc1ccc(C=O)c(C)c1Br. The second-order valence-corrected chi connectivity index (χ2v) is 3.21. The van der Waals surface area contributed by atoms with Crippen LogP contribution in [0.25, 0.3) is 0 Å². The zero-order valence-electron chi connectivity index (χ0n) is 6.93. The first-order valence-electron chi connectivity index (χ1n) is 3.49. The quantitative estimate of drug-likeness (QED) is 0.728. The van der Waals surface area contributed by atoms with Crippen molar-refractivity contribution < 1.29 is 9.53 Å². The maximum Gasteiger partial charge on any atom is 0.150 e. The Morgan fingerprint density at radius 1 is 1.50 bits per heavy atom. The number of hydrogen-bond donors (Lipinski definition) is 0. The third-order valence-electron chi connectivity index (χ3n) is 1.74. The molecule has 0 heterocycles. The molecule has 0 aliphatic carbocycles. The average molecular weight is 229 g/mol. The highest BCUT2D eigenvalue weighted by molar-refractivity contribution is 9.10. The molecule has 0 atom stereocenters. The predicted molar refractivity (Wildman–Crippen MR) is 50.8 cm³/mol. The van der Waals surface area contributed by atoms with Crippen LogP contribution in [-0.4, -0.2) is 13.4 Å². The van der Waals surface area contributed by atoms with E-state index >= 15 is 0 Å². The van der Waals surface area contributed by atoms with Gasteiger partial charge in [0.15, 0.2) is 0 Å². The van der Waals surface area contributed by atoms with E-state index in [1.54, 1.807) is 19.2 Å². The van der Waals surface area contributed by atoms with E-state index < -0.39 is 0 Å². The van der Waals surface area contributed by atoms with Crippen molar-refractivity contribution in [2.45, 2.75) is 6.92 Å². The van der Waals surface area contributed by atoms with Gasteiger partial charge in [0.25, 0.3) is 0 Å². The summed E-state index contributed by atoms with van der Waals surface area (Å²) in [5, 5.41) is 0. The van der Waals surface area contributed by atoms with E-state index in [0.717, 1.165) is 22.1 Å². The number of rotatable bonds is 2. The number of methoxy groups -OCH3 is 1. The number of ether oxygens (including phenoxy) is 1. The Bertz CT molecular complexity index is 308. The lowest BCUT2D eigenvalue weighted by Gasteiger charge is -2.06. The third-order valence-corrected chi connectivity index (χ3v) is 2.73. The van der Waals surface area contributed by atoms with Gasteiger partial charge in [0.2, 0.25) is 0 Å². The van der Waals surface area contributed by atoms with E-state index in [0.29, 0.717) is 5.56 Å². The van der Waals surface area contributed by atoms with Crippen LogP contribution < -0.4 is 4.74 Å². The van der Waals surface area contributed by atoms with Gasteiger partial charge >= 0.3 is 0 Å². The van der Waals surface area contributed by atoms with Gasteiger partial charge in [0.1, 0.15) is 12.0 Å². The summed E-state index contributed by atoms with van der Waals surface area (Å²) in [5.74, 6) is 0.748. The number of halogens is 1. The fourth-order valence-corrected chi connectivity index (χ4v) is 1.48. The fraction of sp³-hybridized carbons (Fsp3) is 0.222. The molecular weight excluding hydrogens is 220 g/mol. The molecule has 2 nitrogen and oxygen atoms in total. The van der Waals surface area contributed by atoms with Gasteiger partial charge < -0.3 is 4.74 Å². The van der Waals surface area contributed by atoms with E-state index in [1.165, 1.54) is 0 Å². The minimum atomic E-state index is 0.683. The minimum Gasteiger partial charge on any atom is -0.496 e. The zero-order chi connectivity index (χ0) is 9.14. The highest BCUT2D eigenvalue weighted by Crippen LogP contribution is 2.29. The molecule has 1 aromatic carbocycles. The van der Waals surface area contributed by atoms with Crippen molar-refractivity contribution in [2.75, 3.05) is 7.11 Å².